The van der Waals surface area contributed by atoms with Crippen LogP contribution in [-0.2, 0) is 21.7 Å². The van der Waals surface area contributed by atoms with E-state index in [9.17, 15) is 9.59 Å². The van der Waals surface area contributed by atoms with Crippen molar-refractivity contribution >= 4 is 55.4 Å². The van der Waals surface area contributed by atoms with Crippen molar-refractivity contribution in [2.45, 2.75) is 44.0 Å². The van der Waals surface area contributed by atoms with Crippen LogP contribution in [0.5, 0.6) is 0 Å². The molecule has 4 aromatic carbocycles. The second-order valence-electron chi connectivity index (χ2n) is 12.1. The number of hydrogen-bond donors (Lipinski definition) is 1. The fourth-order valence-corrected chi connectivity index (χ4v) is 8.33. The largest absolute Gasteiger partial charge is 0.374 e. The highest BCUT2D eigenvalue weighted by atomic mass is 16.6. The van der Waals surface area contributed by atoms with Gasteiger partial charge >= 0.3 is 0 Å². The van der Waals surface area contributed by atoms with Gasteiger partial charge in [-0.05, 0) is 36.8 Å². The van der Waals surface area contributed by atoms with Crippen LogP contribution < -0.4 is 5.32 Å². The van der Waals surface area contributed by atoms with Crippen molar-refractivity contribution in [1.82, 2.24) is 19.4 Å². The quantitative estimate of drug-likeness (QED) is 0.286. The van der Waals surface area contributed by atoms with Gasteiger partial charge in [0.2, 0.25) is 0 Å². The molecule has 2 aromatic heterocycles. The second kappa shape index (κ2) is 8.46. The molecule has 2 bridgehead atoms. The number of methoxy groups -OCH3 is 1. The van der Waals surface area contributed by atoms with Gasteiger partial charge in [-0.15, -0.1) is 0 Å². The van der Waals surface area contributed by atoms with Crippen molar-refractivity contribution in [3.63, 3.8) is 0 Å². The number of hydrogen-bond acceptors (Lipinski definition) is 4. The molecule has 0 saturated carbocycles. The van der Waals surface area contributed by atoms with Gasteiger partial charge in [0, 0.05) is 54.2 Å². The first-order chi connectivity index (χ1) is 20.9. The third kappa shape index (κ3) is 2.97. The summed E-state index contributed by atoms with van der Waals surface area (Å²) >= 11 is 0. The first-order valence-electron chi connectivity index (χ1n) is 14.8. The summed E-state index contributed by atoms with van der Waals surface area (Å²) in [5, 5.41) is 7.24. The van der Waals surface area contributed by atoms with E-state index >= 15 is 0 Å². The number of carbonyl (C=O) groups is 2. The van der Waals surface area contributed by atoms with E-state index in [1.807, 2.05) is 66.5 Å². The Morgan fingerprint density at radius 2 is 1.63 bits per heavy atom. The first kappa shape index (κ1) is 24.9. The molecule has 1 N–H and O–H groups in total. The molecule has 0 aliphatic carbocycles. The lowest BCUT2D eigenvalue weighted by Gasteiger charge is -2.50. The second-order valence-corrected chi connectivity index (χ2v) is 12.1. The van der Waals surface area contributed by atoms with Crippen LogP contribution in [0.15, 0.2) is 78.9 Å². The molecule has 1 fully saturated rings. The van der Waals surface area contributed by atoms with Crippen LogP contribution in [0.3, 0.4) is 0 Å². The summed E-state index contributed by atoms with van der Waals surface area (Å²) in [7, 11) is 3.57. The number of aromatic nitrogens is 2. The number of amides is 2. The van der Waals surface area contributed by atoms with Gasteiger partial charge in [-0.3, -0.25) is 9.59 Å². The van der Waals surface area contributed by atoms with E-state index in [2.05, 4.69) is 45.6 Å². The standard InChI is InChI=1S/C35H30N4O4/c1-35-32(42-3)25(37(2)34(41)19-11-5-4-6-12-19)17-26(43-35)38-23-15-9-7-13-20(23)28-29-22(18-36-33(29)40)27-21-14-8-10-16-24(21)39(35)31(27)30(28)38/h4-16,25-26,32H,17-18H2,1-3H3,(H,36,40)/t25-,26-,32-,35+/m1/s1/i34+2. The van der Waals surface area contributed by atoms with Crippen molar-refractivity contribution in [2.75, 3.05) is 14.2 Å². The zero-order valence-corrected chi connectivity index (χ0v) is 24.1. The van der Waals surface area contributed by atoms with Gasteiger partial charge in [-0.2, -0.15) is 0 Å². The lowest BCUT2D eigenvalue weighted by molar-refractivity contribution is -0.264. The molecular weight excluding hydrogens is 542 g/mol. The van der Waals surface area contributed by atoms with Crippen molar-refractivity contribution in [3.05, 3.63) is 95.6 Å². The average molecular weight is 573 g/mol. The van der Waals surface area contributed by atoms with Gasteiger partial charge < -0.3 is 28.8 Å². The van der Waals surface area contributed by atoms with E-state index < -0.39 is 18.1 Å². The maximum atomic E-state index is 13.9. The molecule has 1 saturated heterocycles. The fourth-order valence-electron chi connectivity index (χ4n) is 8.33. The third-order valence-electron chi connectivity index (χ3n) is 10.0. The highest BCUT2D eigenvalue weighted by molar-refractivity contribution is 6.31. The molecule has 214 valence electrons. The molecule has 2 amide bonds. The minimum Gasteiger partial charge on any atom is -0.374 e. The number of nitrogens with zero attached hydrogens (tertiary/aromatic N) is 3. The molecule has 0 spiro atoms. The minimum atomic E-state index is -0.980. The van der Waals surface area contributed by atoms with Crippen LogP contribution in [0.4, 0.5) is 0 Å². The Morgan fingerprint density at radius 1 is 0.953 bits per heavy atom. The minimum absolute atomic E-state index is 0.0446. The zero-order chi connectivity index (χ0) is 29.2. The normalized spacial score (nSPS) is 24.2. The number of nitrogens with one attached hydrogen (secondary N) is 1. The summed E-state index contributed by atoms with van der Waals surface area (Å²) < 4.78 is 18.1. The number of likely N-dealkylation sites (N-methyl/N-ethyl adjacent to an activating group) is 1. The van der Waals surface area contributed by atoms with E-state index in [0.29, 0.717) is 18.5 Å². The smallest absolute Gasteiger partial charge is 0.253 e. The highest BCUT2D eigenvalue weighted by Gasteiger charge is 2.55. The van der Waals surface area contributed by atoms with Crippen LogP contribution in [-0.4, -0.2) is 52.2 Å². The lowest BCUT2D eigenvalue weighted by atomic mass is 9.92. The predicted octanol–water partition coefficient (Wildman–Crippen LogP) is 5.91. The van der Waals surface area contributed by atoms with Crippen molar-refractivity contribution in [3.8, 4) is 0 Å². The van der Waals surface area contributed by atoms with Gasteiger partial charge in [-0.25, -0.2) is 0 Å². The van der Waals surface area contributed by atoms with Crippen molar-refractivity contribution in [2.24, 2.45) is 0 Å². The van der Waals surface area contributed by atoms with Crippen LogP contribution in [0.25, 0.3) is 43.6 Å². The average Bonchev–Trinajstić information content (AvgIpc) is 3.68. The Balaban J connectivity index is 1.43. The van der Waals surface area contributed by atoms with E-state index in [1.54, 1.807) is 7.11 Å². The first-order valence-corrected chi connectivity index (χ1v) is 14.8. The number of benzene rings is 4. The Hall–Kier alpha value is -4.66. The molecule has 3 aliphatic heterocycles. The van der Waals surface area contributed by atoms with Gasteiger partial charge in [0.25, 0.3) is 11.8 Å². The highest BCUT2D eigenvalue weighted by Crippen LogP contribution is 2.54. The fraction of sp³-hybridized carbons (Fsp3) is 0.257. The van der Waals surface area contributed by atoms with Crippen LogP contribution in [0.1, 0.15) is 45.9 Å². The van der Waals surface area contributed by atoms with Crippen LogP contribution >= 0.6 is 0 Å². The summed E-state index contributed by atoms with van der Waals surface area (Å²) in [4.78, 5) is 29.2. The monoisotopic (exact) mass is 572 g/mol. The van der Waals surface area contributed by atoms with Gasteiger partial charge in [0.15, 0.2) is 5.72 Å². The molecule has 4 atom stereocenters. The Bertz CT molecular complexity index is 2180. The molecule has 0 unspecified atom stereocenters. The molecule has 6 aromatic rings. The van der Waals surface area contributed by atoms with Gasteiger partial charge in [0.1, 0.15) is 12.3 Å². The predicted molar refractivity (Wildman–Crippen MR) is 165 cm³/mol. The molecule has 8 nitrogen and oxygen atoms in total. The number of ether oxygens (including phenoxy) is 2. The lowest BCUT2D eigenvalue weighted by Crippen LogP contribution is -2.61. The molecular formula is C35H30N4O4. The molecule has 5 heterocycles. The topological polar surface area (TPSA) is 77.7 Å². The molecule has 9 rings (SSSR count). The maximum Gasteiger partial charge on any atom is 0.253 e. The van der Waals surface area contributed by atoms with Crippen molar-refractivity contribution < 1.29 is 19.1 Å². The summed E-state index contributed by atoms with van der Waals surface area (Å²) in [6, 6.07) is 25.7. The molecule has 43 heavy (non-hydrogen) atoms. The molecule has 0 radical (unpaired) electrons. The summed E-state index contributed by atoms with van der Waals surface area (Å²) in [5.74, 6) is -0.107. The Morgan fingerprint density at radius 3 is 2.37 bits per heavy atom. The molecule has 8 heteroatoms. The number of carbonyl (C=O) groups excluding carboxylic acids is 2. The van der Waals surface area contributed by atoms with E-state index in [0.717, 1.165) is 54.7 Å². The third-order valence-corrected chi connectivity index (χ3v) is 10.0. The van der Waals surface area contributed by atoms with Crippen molar-refractivity contribution in [1.29, 1.82) is 0 Å². The summed E-state index contributed by atoms with van der Waals surface area (Å²) in [5.41, 5.74) is 5.46. The Kier molecular flexibility index (Phi) is 4.90. The van der Waals surface area contributed by atoms with Crippen LogP contribution in [0, 0.1) is 0 Å². The maximum absolute atomic E-state index is 13.9. The number of rotatable bonds is 3. The SMILES string of the molecule is CO[C@@H]1[C@H](N(C)[14C](=O)c2ccccc2)C[C@H]2O[C@]1(C)n1c3ccccc3c3c4c(c5c6ccccc6n2c5c31)C(=O)NC4. The Labute approximate surface area is 247 Å². The van der Waals surface area contributed by atoms with Gasteiger partial charge in [0.05, 0.1) is 33.7 Å². The summed E-state index contributed by atoms with van der Waals surface area (Å²) in [6.07, 6.45) is -0.386. The van der Waals surface area contributed by atoms with E-state index in [4.69, 9.17) is 9.47 Å². The summed E-state index contributed by atoms with van der Waals surface area (Å²) in [6.45, 7) is 2.56. The van der Waals surface area contributed by atoms with Crippen LogP contribution in [0.2, 0.25) is 0 Å². The number of fused-ring (bicyclic) bond motifs is 13. The molecule has 3 aliphatic rings. The number of para-hydroxylation sites is 2. The van der Waals surface area contributed by atoms with E-state index in [-0.39, 0.29) is 17.9 Å². The zero-order valence-electron chi connectivity index (χ0n) is 24.1. The van der Waals surface area contributed by atoms with Gasteiger partial charge in [-0.1, -0.05) is 54.6 Å². The van der Waals surface area contributed by atoms with E-state index in [1.165, 1.54) is 0 Å².